The van der Waals surface area contributed by atoms with Crippen molar-refractivity contribution in [3.05, 3.63) is 71.3 Å². The summed E-state index contributed by atoms with van der Waals surface area (Å²) >= 11 is 0. The zero-order valence-electron chi connectivity index (χ0n) is 16.2. The molecular weight excluding hydrogens is 374 g/mol. The lowest BCUT2D eigenvalue weighted by atomic mass is 9.98. The van der Waals surface area contributed by atoms with Gasteiger partial charge in [-0.1, -0.05) is 24.3 Å². The first-order valence-electron chi connectivity index (χ1n) is 10.1. The third kappa shape index (κ3) is 4.47. The summed E-state index contributed by atoms with van der Waals surface area (Å²) in [6, 6.07) is 12.3. The maximum absolute atomic E-state index is 13.6. The van der Waals surface area contributed by atoms with Gasteiger partial charge in [-0.25, -0.2) is 8.78 Å². The second-order valence-electron chi connectivity index (χ2n) is 7.98. The van der Waals surface area contributed by atoms with Gasteiger partial charge in [-0.05, 0) is 54.2 Å². The molecule has 0 bridgehead atoms. The molecule has 2 aliphatic heterocycles. The van der Waals surface area contributed by atoms with Gasteiger partial charge in [0.05, 0.1) is 12.5 Å². The summed E-state index contributed by atoms with van der Waals surface area (Å²) in [5.74, 6) is -0.456. The average Bonchev–Trinajstić information content (AvgIpc) is 3.04. The summed E-state index contributed by atoms with van der Waals surface area (Å²) in [4.78, 5) is 29.1. The molecule has 0 aliphatic carbocycles. The quantitative estimate of drug-likeness (QED) is 0.790. The molecule has 0 N–H and O–H groups in total. The van der Waals surface area contributed by atoms with Gasteiger partial charge in [0.1, 0.15) is 11.6 Å². The molecule has 0 spiro atoms. The smallest absolute Gasteiger partial charge is 0.227 e. The van der Waals surface area contributed by atoms with Crippen LogP contribution in [0.3, 0.4) is 0 Å². The lowest BCUT2D eigenvalue weighted by molar-refractivity contribution is -0.135. The standard InChI is InChI=1S/C23H24F2N2O2/c24-19-7-1-4-16(10-19)12-23(29)26-14-18-6-3-9-22(28)27(21(18)15-26)13-17-5-2-8-20(25)11-17/h1-2,4-5,7-8,10-11,18,21H,3,6,9,12-15H2/t18-,21+/m1/s1. The molecule has 4 rings (SSSR count). The Hall–Kier alpha value is -2.76. The van der Waals surface area contributed by atoms with Gasteiger partial charge < -0.3 is 9.80 Å². The lowest BCUT2D eigenvalue weighted by Crippen LogP contribution is -2.43. The van der Waals surface area contributed by atoms with Crippen LogP contribution in [0.1, 0.15) is 30.4 Å². The Kier molecular flexibility index (Phi) is 5.60. The van der Waals surface area contributed by atoms with E-state index in [2.05, 4.69) is 0 Å². The van der Waals surface area contributed by atoms with Crippen LogP contribution in [0.25, 0.3) is 0 Å². The number of carbonyl (C=O) groups excluding carboxylic acids is 2. The SMILES string of the molecule is O=C(Cc1cccc(F)c1)N1C[C@H]2CCCC(=O)N(Cc3cccc(F)c3)[C@H]2C1. The first-order valence-corrected chi connectivity index (χ1v) is 10.1. The number of hydrogen-bond donors (Lipinski definition) is 0. The summed E-state index contributed by atoms with van der Waals surface area (Å²) < 4.78 is 27.0. The van der Waals surface area contributed by atoms with E-state index in [0.717, 1.165) is 18.4 Å². The van der Waals surface area contributed by atoms with Gasteiger partial charge in [0.25, 0.3) is 0 Å². The van der Waals surface area contributed by atoms with Gasteiger partial charge >= 0.3 is 0 Å². The minimum absolute atomic E-state index is 0.0539. The Morgan fingerprint density at radius 1 is 1.00 bits per heavy atom. The molecule has 6 heteroatoms. The summed E-state index contributed by atoms with van der Waals surface area (Å²) in [6.45, 7) is 1.43. The van der Waals surface area contributed by atoms with Crippen molar-refractivity contribution < 1.29 is 18.4 Å². The van der Waals surface area contributed by atoms with Crippen LogP contribution in [0.5, 0.6) is 0 Å². The molecular formula is C23H24F2N2O2. The molecule has 2 atom stereocenters. The number of halogens is 2. The van der Waals surface area contributed by atoms with Crippen molar-refractivity contribution in [2.45, 2.75) is 38.3 Å². The number of likely N-dealkylation sites (tertiary alicyclic amines) is 2. The highest BCUT2D eigenvalue weighted by Crippen LogP contribution is 2.32. The summed E-state index contributed by atoms with van der Waals surface area (Å²) in [5, 5.41) is 0. The fourth-order valence-electron chi connectivity index (χ4n) is 4.51. The van der Waals surface area contributed by atoms with E-state index in [4.69, 9.17) is 0 Å². The summed E-state index contributed by atoms with van der Waals surface area (Å²) in [7, 11) is 0. The Morgan fingerprint density at radius 3 is 2.41 bits per heavy atom. The second-order valence-corrected chi connectivity index (χ2v) is 7.98. The summed E-state index contributed by atoms with van der Waals surface area (Å²) in [6.07, 6.45) is 2.32. The molecule has 29 heavy (non-hydrogen) atoms. The zero-order valence-corrected chi connectivity index (χ0v) is 16.2. The van der Waals surface area contributed by atoms with Crippen molar-refractivity contribution in [1.29, 1.82) is 0 Å². The highest BCUT2D eigenvalue weighted by atomic mass is 19.1. The normalized spacial score (nSPS) is 21.8. The molecule has 2 saturated heterocycles. The maximum Gasteiger partial charge on any atom is 0.227 e. The largest absolute Gasteiger partial charge is 0.340 e. The second kappa shape index (κ2) is 8.31. The predicted octanol–water partition coefficient (Wildman–Crippen LogP) is 3.55. The molecule has 2 heterocycles. The van der Waals surface area contributed by atoms with E-state index in [0.29, 0.717) is 31.6 Å². The van der Waals surface area contributed by atoms with Crippen LogP contribution in [0.2, 0.25) is 0 Å². The van der Waals surface area contributed by atoms with E-state index in [1.165, 1.54) is 24.3 Å². The molecule has 4 nitrogen and oxygen atoms in total. The number of rotatable bonds is 4. The molecule has 152 valence electrons. The number of hydrogen-bond acceptors (Lipinski definition) is 2. The Balaban J connectivity index is 1.49. The van der Waals surface area contributed by atoms with Crippen molar-refractivity contribution in [3.63, 3.8) is 0 Å². The fourth-order valence-corrected chi connectivity index (χ4v) is 4.51. The number of carbonyl (C=O) groups is 2. The van der Waals surface area contributed by atoms with E-state index in [1.807, 2.05) is 11.0 Å². The van der Waals surface area contributed by atoms with Crippen LogP contribution >= 0.6 is 0 Å². The van der Waals surface area contributed by atoms with Crippen molar-refractivity contribution in [2.24, 2.45) is 5.92 Å². The van der Waals surface area contributed by atoms with E-state index < -0.39 is 0 Å². The van der Waals surface area contributed by atoms with Gasteiger partial charge in [0, 0.05) is 26.1 Å². The molecule has 2 amide bonds. The Labute approximate surface area is 169 Å². The average molecular weight is 398 g/mol. The van der Waals surface area contributed by atoms with Gasteiger partial charge in [-0.2, -0.15) is 0 Å². The zero-order chi connectivity index (χ0) is 20.4. The van der Waals surface area contributed by atoms with Crippen LogP contribution in [-0.2, 0) is 22.6 Å². The van der Waals surface area contributed by atoms with E-state index in [9.17, 15) is 18.4 Å². The van der Waals surface area contributed by atoms with Gasteiger partial charge in [0.2, 0.25) is 11.8 Å². The predicted molar refractivity (Wildman–Crippen MR) is 105 cm³/mol. The van der Waals surface area contributed by atoms with Crippen LogP contribution in [-0.4, -0.2) is 40.7 Å². The number of amides is 2. The van der Waals surface area contributed by atoms with Crippen LogP contribution in [0, 0.1) is 17.6 Å². The number of benzene rings is 2. The molecule has 2 aromatic rings. The third-order valence-corrected chi connectivity index (χ3v) is 5.93. The van der Waals surface area contributed by atoms with Crippen molar-refractivity contribution in [3.8, 4) is 0 Å². The minimum Gasteiger partial charge on any atom is -0.340 e. The van der Waals surface area contributed by atoms with E-state index in [-0.39, 0.29) is 41.8 Å². The molecule has 0 saturated carbocycles. The summed E-state index contributed by atoms with van der Waals surface area (Å²) in [5.41, 5.74) is 1.40. The topological polar surface area (TPSA) is 40.6 Å². The number of nitrogens with zero attached hydrogens (tertiary/aromatic N) is 2. The first kappa shape index (κ1) is 19.6. The van der Waals surface area contributed by atoms with Gasteiger partial charge in [0.15, 0.2) is 0 Å². The van der Waals surface area contributed by atoms with Gasteiger partial charge in [-0.3, -0.25) is 9.59 Å². The monoisotopic (exact) mass is 398 g/mol. The highest BCUT2D eigenvalue weighted by Gasteiger charge is 2.41. The first-order chi connectivity index (χ1) is 14.0. The number of fused-ring (bicyclic) bond motifs is 1. The minimum atomic E-state index is -0.353. The van der Waals surface area contributed by atoms with Crippen LogP contribution in [0.4, 0.5) is 8.78 Å². The van der Waals surface area contributed by atoms with Crippen molar-refractivity contribution in [2.75, 3.05) is 13.1 Å². The van der Waals surface area contributed by atoms with Gasteiger partial charge in [-0.15, -0.1) is 0 Å². The third-order valence-electron chi connectivity index (χ3n) is 5.93. The maximum atomic E-state index is 13.6. The molecule has 2 aliphatic rings. The van der Waals surface area contributed by atoms with Crippen molar-refractivity contribution in [1.82, 2.24) is 9.80 Å². The lowest BCUT2D eigenvalue weighted by Gasteiger charge is -2.30. The molecule has 0 unspecified atom stereocenters. The van der Waals surface area contributed by atoms with E-state index >= 15 is 0 Å². The van der Waals surface area contributed by atoms with E-state index in [1.54, 1.807) is 23.1 Å². The van der Waals surface area contributed by atoms with Crippen molar-refractivity contribution >= 4 is 11.8 Å². The Morgan fingerprint density at radius 2 is 1.69 bits per heavy atom. The molecule has 2 fully saturated rings. The van der Waals surface area contributed by atoms with Crippen LogP contribution in [0.15, 0.2) is 48.5 Å². The molecule has 0 radical (unpaired) electrons. The molecule has 2 aromatic carbocycles. The Bertz CT molecular complexity index is 917. The highest BCUT2D eigenvalue weighted by molar-refractivity contribution is 5.80. The molecule has 0 aromatic heterocycles. The fraction of sp³-hybridized carbons (Fsp3) is 0.391. The van der Waals surface area contributed by atoms with Crippen LogP contribution < -0.4 is 0 Å².